The summed E-state index contributed by atoms with van der Waals surface area (Å²) in [7, 11) is 0. The lowest BCUT2D eigenvalue weighted by atomic mass is 10.1. The van der Waals surface area contributed by atoms with E-state index in [9.17, 15) is 4.79 Å². The number of rotatable bonds is 3. The van der Waals surface area contributed by atoms with Crippen molar-refractivity contribution >= 4 is 5.91 Å². The van der Waals surface area contributed by atoms with Gasteiger partial charge in [-0.05, 0) is 32.4 Å². The van der Waals surface area contributed by atoms with E-state index < -0.39 is 0 Å². The zero-order valence-corrected chi connectivity index (χ0v) is 14.2. The number of nitrogens with zero attached hydrogens (tertiary/aromatic N) is 4. The van der Waals surface area contributed by atoms with Crippen LogP contribution in [-0.4, -0.2) is 31.7 Å². The molecule has 1 unspecified atom stereocenters. The molecule has 0 radical (unpaired) electrons. The van der Waals surface area contributed by atoms with Crippen LogP contribution in [0.15, 0.2) is 34.7 Å². The molecule has 0 spiro atoms. The van der Waals surface area contributed by atoms with Crippen LogP contribution in [0.3, 0.4) is 0 Å². The summed E-state index contributed by atoms with van der Waals surface area (Å²) in [6.07, 6.45) is 1.64. The minimum absolute atomic E-state index is 0.0333. The summed E-state index contributed by atoms with van der Waals surface area (Å²) >= 11 is 0. The fourth-order valence-corrected chi connectivity index (χ4v) is 3.15. The van der Waals surface area contributed by atoms with Crippen molar-refractivity contribution in [1.29, 1.82) is 0 Å². The van der Waals surface area contributed by atoms with Crippen LogP contribution in [0.1, 0.15) is 34.3 Å². The van der Waals surface area contributed by atoms with Gasteiger partial charge in [-0.3, -0.25) is 4.79 Å². The lowest BCUT2D eigenvalue weighted by Gasteiger charge is -2.24. The quantitative estimate of drug-likeness (QED) is 0.792. The first-order valence-corrected chi connectivity index (χ1v) is 8.34. The number of nitrogens with one attached hydrogen (secondary N) is 1. The van der Waals surface area contributed by atoms with E-state index >= 15 is 0 Å². The third-order valence-electron chi connectivity index (χ3n) is 4.50. The van der Waals surface area contributed by atoms with E-state index in [0.717, 1.165) is 30.1 Å². The molecule has 3 heterocycles. The van der Waals surface area contributed by atoms with Gasteiger partial charge in [-0.25, -0.2) is 4.98 Å². The van der Waals surface area contributed by atoms with Crippen LogP contribution in [0.25, 0.3) is 11.5 Å². The van der Waals surface area contributed by atoms with Crippen molar-refractivity contribution < 1.29 is 9.21 Å². The minimum atomic E-state index is -0.206. The summed E-state index contributed by atoms with van der Waals surface area (Å²) in [5.41, 5.74) is 1.19. The maximum Gasteiger partial charge on any atom is 0.273 e. The predicted octanol–water partition coefficient (Wildman–Crippen LogP) is 2.29. The van der Waals surface area contributed by atoms with Crippen molar-refractivity contribution in [2.24, 2.45) is 0 Å². The van der Waals surface area contributed by atoms with Gasteiger partial charge in [-0.15, -0.1) is 10.2 Å². The molecule has 1 aromatic carbocycles. The number of hydrogen-bond donors (Lipinski definition) is 1. The Bertz CT molecular complexity index is 913. The molecule has 0 saturated carbocycles. The smallest absolute Gasteiger partial charge is 0.273 e. The second kappa shape index (κ2) is 6.16. The summed E-state index contributed by atoms with van der Waals surface area (Å²) in [4.78, 5) is 17.0. The predicted molar refractivity (Wildman–Crippen MR) is 91.0 cm³/mol. The molecule has 0 aliphatic carbocycles. The van der Waals surface area contributed by atoms with E-state index in [1.54, 1.807) is 6.92 Å². The highest BCUT2D eigenvalue weighted by atomic mass is 16.4. The molecule has 4 rings (SSSR count). The van der Waals surface area contributed by atoms with Crippen molar-refractivity contribution in [2.75, 3.05) is 0 Å². The summed E-state index contributed by atoms with van der Waals surface area (Å²) < 4.78 is 7.73. The second-order valence-corrected chi connectivity index (χ2v) is 6.27. The topological polar surface area (TPSA) is 85.8 Å². The van der Waals surface area contributed by atoms with Crippen LogP contribution in [-0.2, 0) is 13.0 Å². The summed E-state index contributed by atoms with van der Waals surface area (Å²) in [5, 5.41) is 11.3. The van der Waals surface area contributed by atoms with E-state index in [2.05, 4.69) is 25.1 Å². The van der Waals surface area contributed by atoms with Crippen molar-refractivity contribution in [3.05, 3.63) is 53.4 Å². The van der Waals surface area contributed by atoms with Gasteiger partial charge in [0.2, 0.25) is 5.89 Å². The van der Waals surface area contributed by atoms with Gasteiger partial charge in [0, 0.05) is 24.6 Å². The van der Waals surface area contributed by atoms with Gasteiger partial charge in [0.1, 0.15) is 17.4 Å². The SMILES string of the molecule is Cc1oc(-c2ccccc2)nc1C(=O)NC1CCc2nnc(C)n2C1. The normalized spacial score (nSPS) is 16.5. The fourth-order valence-electron chi connectivity index (χ4n) is 3.15. The van der Waals surface area contributed by atoms with Gasteiger partial charge in [0.25, 0.3) is 5.91 Å². The monoisotopic (exact) mass is 337 g/mol. The van der Waals surface area contributed by atoms with Gasteiger partial charge < -0.3 is 14.3 Å². The lowest BCUT2D eigenvalue weighted by Crippen LogP contribution is -2.41. The van der Waals surface area contributed by atoms with Crippen LogP contribution in [0.5, 0.6) is 0 Å². The molecule has 128 valence electrons. The van der Waals surface area contributed by atoms with Crippen LogP contribution < -0.4 is 5.32 Å². The van der Waals surface area contributed by atoms with Crippen molar-refractivity contribution in [3.8, 4) is 11.5 Å². The number of amides is 1. The van der Waals surface area contributed by atoms with Crippen molar-refractivity contribution in [1.82, 2.24) is 25.1 Å². The zero-order chi connectivity index (χ0) is 17.4. The van der Waals surface area contributed by atoms with E-state index in [-0.39, 0.29) is 11.9 Å². The summed E-state index contributed by atoms with van der Waals surface area (Å²) in [6.45, 7) is 4.37. The molecular weight excluding hydrogens is 318 g/mol. The molecule has 1 atom stereocenters. The highest BCUT2D eigenvalue weighted by Crippen LogP contribution is 2.22. The molecule has 0 bridgehead atoms. The highest BCUT2D eigenvalue weighted by molar-refractivity contribution is 5.93. The van der Waals surface area contributed by atoms with Crippen LogP contribution in [0.2, 0.25) is 0 Å². The maximum atomic E-state index is 12.6. The highest BCUT2D eigenvalue weighted by Gasteiger charge is 2.25. The average Bonchev–Trinajstić information content (AvgIpc) is 3.19. The molecular formula is C18H19N5O2. The molecule has 7 nitrogen and oxygen atoms in total. The number of carbonyl (C=O) groups is 1. The van der Waals surface area contributed by atoms with Crippen molar-refractivity contribution in [3.63, 3.8) is 0 Å². The molecule has 2 aromatic heterocycles. The Morgan fingerprint density at radius 3 is 2.84 bits per heavy atom. The number of carbonyl (C=O) groups excluding carboxylic acids is 1. The summed E-state index contributed by atoms with van der Waals surface area (Å²) in [5.74, 6) is 2.63. The Hall–Kier alpha value is -2.96. The number of benzene rings is 1. The van der Waals surface area contributed by atoms with E-state index in [1.165, 1.54) is 0 Å². The lowest BCUT2D eigenvalue weighted by molar-refractivity contribution is 0.0921. The van der Waals surface area contributed by atoms with Crippen LogP contribution in [0, 0.1) is 13.8 Å². The van der Waals surface area contributed by atoms with Gasteiger partial charge in [-0.1, -0.05) is 18.2 Å². The van der Waals surface area contributed by atoms with Crippen LogP contribution in [0.4, 0.5) is 0 Å². The molecule has 25 heavy (non-hydrogen) atoms. The number of hydrogen-bond acceptors (Lipinski definition) is 5. The molecule has 1 amide bonds. The summed E-state index contributed by atoms with van der Waals surface area (Å²) in [6, 6.07) is 9.60. The number of aromatic nitrogens is 4. The maximum absolute atomic E-state index is 12.6. The molecule has 1 N–H and O–H groups in total. The Morgan fingerprint density at radius 1 is 1.24 bits per heavy atom. The first kappa shape index (κ1) is 15.6. The van der Waals surface area contributed by atoms with E-state index in [1.807, 2.05) is 37.3 Å². The molecule has 1 aliphatic heterocycles. The van der Waals surface area contributed by atoms with Gasteiger partial charge >= 0.3 is 0 Å². The molecule has 0 fully saturated rings. The molecule has 1 aliphatic rings. The van der Waals surface area contributed by atoms with Gasteiger partial charge in [-0.2, -0.15) is 0 Å². The van der Waals surface area contributed by atoms with E-state index in [4.69, 9.17) is 4.42 Å². The Balaban J connectivity index is 1.51. The second-order valence-electron chi connectivity index (χ2n) is 6.27. The number of aryl methyl sites for hydroxylation is 3. The third kappa shape index (κ3) is 2.93. The molecule has 0 saturated heterocycles. The Morgan fingerprint density at radius 2 is 2.04 bits per heavy atom. The number of fused-ring (bicyclic) bond motifs is 1. The van der Waals surface area contributed by atoms with Gasteiger partial charge in [0.05, 0.1) is 0 Å². The zero-order valence-electron chi connectivity index (χ0n) is 14.2. The average molecular weight is 337 g/mol. The first-order valence-electron chi connectivity index (χ1n) is 8.34. The standard InChI is InChI=1S/C18H19N5O2/c1-11-16(20-18(25-11)13-6-4-3-5-7-13)17(24)19-14-8-9-15-22-21-12(2)23(15)10-14/h3-7,14H,8-10H2,1-2H3,(H,19,24). The van der Waals surface area contributed by atoms with Crippen molar-refractivity contribution in [2.45, 2.75) is 39.3 Å². The molecule has 7 heteroatoms. The van der Waals surface area contributed by atoms with Gasteiger partial charge in [0.15, 0.2) is 5.69 Å². The minimum Gasteiger partial charge on any atom is -0.441 e. The first-order chi connectivity index (χ1) is 12.1. The molecule has 3 aromatic rings. The number of oxazole rings is 1. The van der Waals surface area contributed by atoms with Crippen LogP contribution >= 0.6 is 0 Å². The largest absolute Gasteiger partial charge is 0.441 e. The Labute approximate surface area is 145 Å². The Kier molecular flexibility index (Phi) is 3.83. The fraction of sp³-hybridized carbons (Fsp3) is 0.333. The van der Waals surface area contributed by atoms with E-state index in [0.29, 0.717) is 23.9 Å². The third-order valence-corrected chi connectivity index (χ3v) is 4.50.